The van der Waals surface area contributed by atoms with Gasteiger partial charge in [0, 0.05) is 0 Å². The molecule has 5 rings (SSSR count). The summed E-state index contributed by atoms with van der Waals surface area (Å²) in [5.74, 6) is -1.46. The van der Waals surface area contributed by atoms with Gasteiger partial charge in [0.2, 0.25) is 11.8 Å². The van der Waals surface area contributed by atoms with Crippen molar-refractivity contribution in [2.45, 2.75) is 38.7 Å². The third-order valence-corrected chi connectivity index (χ3v) is 7.02. The zero-order chi connectivity index (χ0) is 22.4. The summed E-state index contributed by atoms with van der Waals surface area (Å²) in [5, 5.41) is 20.9. The second-order valence-electron chi connectivity index (χ2n) is 8.91. The van der Waals surface area contributed by atoms with Crippen molar-refractivity contribution in [1.29, 1.82) is 0 Å². The second kappa shape index (κ2) is 8.22. The van der Waals surface area contributed by atoms with Crippen molar-refractivity contribution in [2.24, 2.45) is 17.8 Å². The Bertz CT molecular complexity index is 1080. The number of allylic oxidation sites excluding steroid dienone is 2. The summed E-state index contributed by atoms with van der Waals surface area (Å²) < 4.78 is 5.97. The molecule has 0 radical (unpaired) electrons. The highest BCUT2D eigenvalue weighted by molar-refractivity contribution is 6.53. The Morgan fingerprint density at radius 2 is 1.84 bits per heavy atom. The summed E-state index contributed by atoms with van der Waals surface area (Å²) in [6.07, 6.45) is 2.14. The average molecular weight is 431 g/mol. The highest BCUT2D eigenvalue weighted by atomic mass is 16.5. The summed E-state index contributed by atoms with van der Waals surface area (Å²) >= 11 is 0. The number of para-hydroxylation sites is 1. The van der Waals surface area contributed by atoms with Crippen LogP contribution in [-0.2, 0) is 14.2 Å². The monoisotopic (exact) mass is 431 g/mol. The molecular formula is C25H26BNO5. The van der Waals surface area contributed by atoms with Crippen LogP contribution in [0.5, 0.6) is 5.75 Å². The number of fused-ring (bicyclic) bond motifs is 3. The minimum atomic E-state index is -1.13. The van der Waals surface area contributed by atoms with Crippen molar-refractivity contribution in [3.05, 3.63) is 71.2 Å². The lowest BCUT2D eigenvalue weighted by Gasteiger charge is -2.42. The van der Waals surface area contributed by atoms with E-state index in [0.717, 1.165) is 29.5 Å². The lowest BCUT2D eigenvalue weighted by Crippen LogP contribution is -2.44. The Balaban J connectivity index is 1.55. The minimum Gasteiger partial charge on any atom is -0.508 e. The first-order valence-electron chi connectivity index (χ1n) is 11.3. The van der Waals surface area contributed by atoms with Crippen LogP contribution in [0.25, 0.3) is 0 Å². The van der Waals surface area contributed by atoms with Crippen molar-refractivity contribution in [2.75, 3.05) is 4.90 Å². The summed E-state index contributed by atoms with van der Waals surface area (Å²) in [6.45, 7) is 2.07. The van der Waals surface area contributed by atoms with Gasteiger partial charge in [-0.1, -0.05) is 49.2 Å². The number of hydrogen-bond donors (Lipinski definition) is 2. The Kier molecular flexibility index (Phi) is 5.39. The van der Waals surface area contributed by atoms with E-state index in [2.05, 4.69) is 6.92 Å². The zero-order valence-electron chi connectivity index (χ0n) is 18.0. The predicted molar refractivity (Wildman–Crippen MR) is 120 cm³/mol. The van der Waals surface area contributed by atoms with Gasteiger partial charge >= 0.3 is 7.12 Å². The van der Waals surface area contributed by atoms with Crippen LogP contribution >= 0.6 is 0 Å². The molecule has 2 saturated heterocycles. The van der Waals surface area contributed by atoms with Crippen LogP contribution in [0.2, 0.25) is 0 Å². The maximum absolute atomic E-state index is 13.6. The van der Waals surface area contributed by atoms with Gasteiger partial charge in [0.15, 0.2) is 0 Å². The van der Waals surface area contributed by atoms with Gasteiger partial charge in [-0.25, -0.2) is 0 Å². The first-order chi connectivity index (χ1) is 15.5. The maximum Gasteiger partial charge on any atom is 0.487 e. The van der Waals surface area contributed by atoms with Gasteiger partial charge in [0.1, 0.15) is 5.75 Å². The number of hydrogen-bond acceptors (Lipinski definition) is 5. The third-order valence-electron chi connectivity index (χ3n) is 7.02. The number of anilines is 1. The molecule has 4 atom stereocenters. The molecule has 2 aliphatic heterocycles. The van der Waals surface area contributed by atoms with E-state index in [4.69, 9.17) is 4.65 Å². The van der Waals surface area contributed by atoms with E-state index in [0.29, 0.717) is 18.5 Å². The van der Waals surface area contributed by atoms with E-state index < -0.39 is 25.1 Å². The van der Waals surface area contributed by atoms with Crippen molar-refractivity contribution < 1.29 is 24.4 Å². The molecule has 0 aromatic heterocycles. The van der Waals surface area contributed by atoms with Gasteiger partial charge in [-0.2, -0.15) is 0 Å². The molecule has 164 valence electrons. The normalized spacial score (nSPS) is 27.6. The molecule has 1 aliphatic carbocycles. The Morgan fingerprint density at radius 3 is 2.56 bits per heavy atom. The number of amides is 2. The minimum absolute atomic E-state index is 0.123. The van der Waals surface area contributed by atoms with E-state index in [9.17, 15) is 19.7 Å². The summed E-state index contributed by atoms with van der Waals surface area (Å²) in [7, 11) is -1.13. The zero-order valence-corrected chi connectivity index (χ0v) is 18.0. The fourth-order valence-electron chi connectivity index (χ4n) is 5.72. The van der Waals surface area contributed by atoms with E-state index in [1.165, 1.54) is 4.90 Å². The van der Waals surface area contributed by atoms with E-state index in [1.54, 1.807) is 30.3 Å². The molecule has 2 aromatic carbocycles. The molecule has 2 fully saturated rings. The molecule has 0 unspecified atom stereocenters. The molecule has 2 aromatic rings. The van der Waals surface area contributed by atoms with Gasteiger partial charge < -0.3 is 14.8 Å². The number of phenols is 1. The molecule has 2 amide bonds. The quantitative estimate of drug-likeness (QED) is 0.568. The Hall–Kier alpha value is -2.90. The van der Waals surface area contributed by atoms with Gasteiger partial charge in [-0.15, -0.1) is 0 Å². The van der Waals surface area contributed by atoms with Gasteiger partial charge in [0.05, 0.1) is 23.6 Å². The first-order valence-corrected chi connectivity index (χ1v) is 11.3. The number of phenolic OH excluding ortho intramolecular Hbond substituents is 1. The second-order valence-corrected chi connectivity index (χ2v) is 8.91. The molecule has 6 nitrogen and oxygen atoms in total. The maximum atomic E-state index is 13.6. The summed E-state index contributed by atoms with van der Waals surface area (Å²) in [4.78, 5) is 28.3. The molecule has 0 spiro atoms. The standard InChI is InChI=1S/C25H26BNO5/c1-2-7-16-13-20-22(25(30)27(24(20)29)17-9-4-3-5-10-17)19-14-21(32-26(31)23(16)19)15-8-6-11-18(28)12-15/h3-6,8-12,19-22,28,31H,2,7,13-14H2,1H3/t19-,20-,21-,22+/m0/s1. The predicted octanol–water partition coefficient (Wildman–Crippen LogP) is 3.80. The Morgan fingerprint density at radius 1 is 1.06 bits per heavy atom. The van der Waals surface area contributed by atoms with E-state index in [1.807, 2.05) is 24.3 Å². The summed E-state index contributed by atoms with van der Waals surface area (Å²) in [5.41, 5.74) is 3.16. The number of carbonyl (C=O) groups is 2. The van der Waals surface area contributed by atoms with E-state index in [-0.39, 0.29) is 23.5 Å². The molecular weight excluding hydrogens is 405 g/mol. The molecule has 32 heavy (non-hydrogen) atoms. The van der Waals surface area contributed by atoms with Crippen LogP contribution in [-0.4, -0.2) is 29.1 Å². The molecule has 7 heteroatoms. The van der Waals surface area contributed by atoms with Crippen LogP contribution < -0.4 is 4.90 Å². The lowest BCUT2D eigenvalue weighted by molar-refractivity contribution is -0.123. The van der Waals surface area contributed by atoms with Gasteiger partial charge in [-0.05, 0) is 60.5 Å². The number of imide groups is 1. The largest absolute Gasteiger partial charge is 0.508 e. The lowest BCUT2D eigenvalue weighted by atomic mass is 9.54. The topological polar surface area (TPSA) is 87.1 Å². The number of rotatable bonds is 4. The number of nitrogens with zero attached hydrogens (tertiary/aromatic N) is 1. The third kappa shape index (κ3) is 3.36. The van der Waals surface area contributed by atoms with Crippen LogP contribution in [0.1, 0.15) is 44.3 Å². The van der Waals surface area contributed by atoms with Crippen LogP contribution in [0.15, 0.2) is 65.6 Å². The van der Waals surface area contributed by atoms with Crippen LogP contribution in [0, 0.1) is 17.8 Å². The molecule has 0 saturated carbocycles. The molecule has 2 N–H and O–H groups in total. The Labute approximate surface area is 187 Å². The average Bonchev–Trinajstić information content (AvgIpc) is 3.04. The van der Waals surface area contributed by atoms with Crippen molar-refractivity contribution in [3.8, 4) is 5.75 Å². The molecule has 2 heterocycles. The number of carbonyl (C=O) groups excluding carboxylic acids is 2. The van der Waals surface area contributed by atoms with Crippen molar-refractivity contribution >= 4 is 24.6 Å². The first kappa shape index (κ1) is 21.0. The number of aromatic hydroxyl groups is 1. The van der Waals surface area contributed by atoms with Crippen molar-refractivity contribution in [1.82, 2.24) is 0 Å². The van der Waals surface area contributed by atoms with Crippen LogP contribution in [0.3, 0.4) is 0 Å². The molecule has 0 bridgehead atoms. The fraction of sp³-hybridized carbons (Fsp3) is 0.360. The van der Waals surface area contributed by atoms with Gasteiger partial charge in [0.25, 0.3) is 0 Å². The highest BCUT2D eigenvalue weighted by Gasteiger charge is 2.58. The smallest absolute Gasteiger partial charge is 0.487 e. The summed E-state index contributed by atoms with van der Waals surface area (Å²) in [6, 6.07) is 15.8. The van der Waals surface area contributed by atoms with E-state index >= 15 is 0 Å². The number of benzene rings is 2. The van der Waals surface area contributed by atoms with Crippen LogP contribution in [0.4, 0.5) is 5.69 Å². The SMILES string of the molecule is CCCC1=C2B(O)O[C@H](c3cccc(O)c3)C[C@H]2[C@H]2C(=O)N(c3ccccc3)C(=O)[C@H]2C1. The van der Waals surface area contributed by atoms with Crippen molar-refractivity contribution in [3.63, 3.8) is 0 Å². The fourth-order valence-corrected chi connectivity index (χ4v) is 5.72. The highest BCUT2D eigenvalue weighted by Crippen LogP contribution is 2.52. The van der Waals surface area contributed by atoms with Gasteiger partial charge in [-0.3, -0.25) is 14.5 Å². The molecule has 3 aliphatic rings.